The average molecular weight is 212 g/mol. The summed E-state index contributed by atoms with van der Waals surface area (Å²) >= 11 is 0. The summed E-state index contributed by atoms with van der Waals surface area (Å²) in [5.74, 6) is -0.171. The van der Waals surface area contributed by atoms with Gasteiger partial charge in [-0.25, -0.2) is 0 Å². The lowest BCUT2D eigenvalue weighted by Gasteiger charge is -2.27. The fourth-order valence-electron chi connectivity index (χ4n) is 0.925. The lowest BCUT2D eigenvalue weighted by Crippen LogP contribution is -2.47. The number of nitrogens with zero attached hydrogens (tertiary/aromatic N) is 1. The highest BCUT2D eigenvalue weighted by Gasteiger charge is 2.31. The molecule has 86 valence electrons. The second-order valence-electron chi connectivity index (χ2n) is 4.47. The number of ether oxygens (including phenoxy) is 1. The Morgan fingerprint density at radius 2 is 2.00 bits per heavy atom. The number of hydrogen-bond acceptors (Lipinski definition) is 3. The zero-order valence-corrected chi connectivity index (χ0v) is 10.2. The highest BCUT2D eigenvalue weighted by atomic mass is 16.5. The third-order valence-corrected chi connectivity index (χ3v) is 2.60. The van der Waals surface area contributed by atoms with Crippen LogP contribution in [0.5, 0.6) is 0 Å². The van der Waals surface area contributed by atoms with Crippen molar-refractivity contribution >= 4 is 5.91 Å². The zero-order valence-electron chi connectivity index (χ0n) is 10.2. The first-order valence-corrected chi connectivity index (χ1v) is 5.06. The molecule has 0 fully saturated rings. The lowest BCUT2D eigenvalue weighted by atomic mass is 9.95. The van der Waals surface area contributed by atoms with Crippen molar-refractivity contribution in [2.24, 2.45) is 5.41 Å². The number of hydrogen-bond donors (Lipinski definition) is 1. The lowest BCUT2D eigenvalue weighted by molar-refractivity contribution is -0.142. The van der Waals surface area contributed by atoms with Crippen molar-refractivity contribution in [3.05, 3.63) is 0 Å². The molecule has 0 aromatic carbocycles. The van der Waals surface area contributed by atoms with Crippen LogP contribution in [0.3, 0.4) is 0 Å². The van der Waals surface area contributed by atoms with Crippen LogP contribution >= 0.6 is 0 Å². The maximum absolute atomic E-state index is 11.7. The fraction of sp³-hybridized carbons (Fsp3) is 0.818. The molecule has 0 heterocycles. The van der Waals surface area contributed by atoms with E-state index in [2.05, 4.69) is 11.4 Å². The fourth-order valence-corrected chi connectivity index (χ4v) is 0.925. The molecule has 0 radical (unpaired) electrons. The van der Waals surface area contributed by atoms with Gasteiger partial charge in [-0.15, -0.1) is 0 Å². The van der Waals surface area contributed by atoms with Gasteiger partial charge in [-0.3, -0.25) is 4.79 Å². The summed E-state index contributed by atoms with van der Waals surface area (Å²) in [6, 6.07) is 2.13. The average Bonchev–Trinajstić information content (AvgIpc) is 2.24. The van der Waals surface area contributed by atoms with Crippen molar-refractivity contribution in [2.45, 2.75) is 39.7 Å². The van der Waals surface area contributed by atoms with Crippen LogP contribution in [0.4, 0.5) is 0 Å². The van der Waals surface area contributed by atoms with E-state index < -0.39 is 11.0 Å². The van der Waals surface area contributed by atoms with Crippen molar-refractivity contribution in [1.82, 2.24) is 5.32 Å². The maximum Gasteiger partial charge on any atom is 0.251 e. The SMILES string of the molecule is CCC(C)(OC)C(=O)NCC(C)(C)C#N. The minimum atomic E-state index is -0.800. The summed E-state index contributed by atoms with van der Waals surface area (Å²) < 4.78 is 5.15. The monoisotopic (exact) mass is 212 g/mol. The second-order valence-corrected chi connectivity index (χ2v) is 4.47. The van der Waals surface area contributed by atoms with Gasteiger partial charge in [0.2, 0.25) is 0 Å². The van der Waals surface area contributed by atoms with Gasteiger partial charge in [0.15, 0.2) is 0 Å². The first kappa shape index (κ1) is 13.9. The number of carbonyl (C=O) groups is 1. The van der Waals surface area contributed by atoms with E-state index in [9.17, 15) is 4.79 Å². The molecule has 0 saturated heterocycles. The Balaban J connectivity index is 4.34. The molecule has 0 rings (SSSR count). The molecule has 1 amide bonds. The summed E-state index contributed by atoms with van der Waals surface area (Å²) in [4.78, 5) is 11.7. The number of nitrogens with one attached hydrogen (secondary N) is 1. The zero-order chi connectivity index (χ0) is 12.1. The van der Waals surface area contributed by atoms with Gasteiger partial charge in [0, 0.05) is 13.7 Å². The Morgan fingerprint density at radius 3 is 2.33 bits per heavy atom. The third kappa shape index (κ3) is 3.88. The first-order chi connectivity index (χ1) is 6.81. The molecule has 0 aliphatic rings. The molecule has 0 aliphatic carbocycles. The molecule has 0 aromatic rings. The third-order valence-electron chi connectivity index (χ3n) is 2.60. The summed E-state index contributed by atoms with van der Waals surface area (Å²) in [5.41, 5.74) is -1.34. The second kappa shape index (κ2) is 5.13. The van der Waals surface area contributed by atoms with Crippen molar-refractivity contribution in [2.75, 3.05) is 13.7 Å². The van der Waals surface area contributed by atoms with E-state index in [4.69, 9.17) is 10.00 Å². The molecule has 4 nitrogen and oxygen atoms in total. The van der Waals surface area contributed by atoms with Crippen molar-refractivity contribution < 1.29 is 9.53 Å². The molecular weight excluding hydrogens is 192 g/mol. The summed E-state index contributed by atoms with van der Waals surface area (Å²) in [6.45, 7) is 7.52. The molecule has 0 bridgehead atoms. The molecular formula is C11H20N2O2. The number of methoxy groups -OCH3 is 1. The highest BCUT2D eigenvalue weighted by molar-refractivity contribution is 5.84. The van der Waals surface area contributed by atoms with E-state index in [0.717, 1.165) is 0 Å². The molecule has 0 spiro atoms. The van der Waals surface area contributed by atoms with E-state index >= 15 is 0 Å². The van der Waals surface area contributed by atoms with Crippen LogP contribution in [-0.4, -0.2) is 25.2 Å². The van der Waals surface area contributed by atoms with Crippen molar-refractivity contribution in [1.29, 1.82) is 5.26 Å². The molecule has 0 aromatic heterocycles. The van der Waals surface area contributed by atoms with Gasteiger partial charge in [-0.05, 0) is 27.2 Å². The summed E-state index contributed by atoms with van der Waals surface area (Å²) in [7, 11) is 1.51. The van der Waals surface area contributed by atoms with Crippen molar-refractivity contribution in [3.8, 4) is 6.07 Å². The van der Waals surface area contributed by atoms with Gasteiger partial charge in [0.25, 0.3) is 5.91 Å². The molecule has 1 N–H and O–H groups in total. The Kier molecular flexibility index (Phi) is 4.76. The van der Waals surface area contributed by atoms with Gasteiger partial charge >= 0.3 is 0 Å². The van der Waals surface area contributed by atoms with Gasteiger partial charge in [0.1, 0.15) is 5.60 Å². The van der Waals surface area contributed by atoms with Crippen LogP contribution in [-0.2, 0) is 9.53 Å². The number of rotatable bonds is 5. The predicted molar refractivity (Wildman–Crippen MR) is 58.1 cm³/mol. The minimum Gasteiger partial charge on any atom is -0.369 e. The van der Waals surface area contributed by atoms with Gasteiger partial charge in [-0.1, -0.05) is 6.92 Å². The Hall–Kier alpha value is -1.08. The van der Waals surface area contributed by atoms with Crippen LogP contribution in [0, 0.1) is 16.7 Å². The van der Waals surface area contributed by atoms with Crippen LogP contribution in [0.1, 0.15) is 34.1 Å². The van der Waals surface area contributed by atoms with E-state index in [1.165, 1.54) is 7.11 Å². The van der Waals surface area contributed by atoms with E-state index in [1.54, 1.807) is 20.8 Å². The van der Waals surface area contributed by atoms with Crippen LogP contribution in [0.25, 0.3) is 0 Å². The van der Waals surface area contributed by atoms with Crippen LogP contribution in [0.2, 0.25) is 0 Å². The normalized spacial score (nSPS) is 15.2. The summed E-state index contributed by atoms with van der Waals surface area (Å²) in [6.07, 6.45) is 0.600. The first-order valence-electron chi connectivity index (χ1n) is 5.06. The standard InChI is InChI=1S/C11H20N2O2/c1-6-11(4,15-5)9(14)13-8-10(2,3)7-12/h6,8H2,1-5H3,(H,13,14). The highest BCUT2D eigenvalue weighted by Crippen LogP contribution is 2.16. The largest absolute Gasteiger partial charge is 0.369 e. The predicted octanol–water partition coefficient (Wildman–Crippen LogP) is 1.47. The number of carbonyl (C=O) groups excluding carboxylic acids is 1. The van der Waals surface area contributed by atoms with E-state index in [1.807, 2.05) is 6.92 Å². The number of nitriles is 1. The maximum atomic E-state index is 11.7. The molecule has 4 heteroatoms. The minimum absolute atomic E-state index is 0.171. The topological polar surface area (TPSA) is 62.1 Å². The van der Waals surface area contributed by atoms with Gasteiger partial charge < -0.3 is 10.1 Å². The Bertz CT molecular complexity index is 262. The molecule has 1 unspecified atom stereocenters. The molecule has 0 aliphatic heterocycles. The van der Waals surface area contributed by atoms with Gasteiger partial charge in [0.05, 0.1) is 11.5 Å². The summed E-state index contributed by atoms with van der Waals surface area (Å²) in [5, 5.41) is 11.5. The molecule has 1 atom stereocenters. The van der Waals surface area contributed by atoms with Crippen LogP contribution < -0.4 is 5.32 Å². The van der Waals surface area contributed by atoms with E-state index in [-0.39, 0.29) is 5.91 Å². The van der Waals surface area contributed by atoms with Crippen LogP contribution in [0.15, 0.2) is 0 Å². The number of amides is 1. The quantitative estimate of drug-likeness (QED) is 0.750. The van der Waals surface area contributed by atoms with Crippen molar-refractivity contribution in [3.63, 3.8) is 0 Å². The molecule has 0 saturated carbocycles. The Labute approximate surface area is 91.6 Å². The van der Waals surface area contributed by atoms with E-state index in [0.29, 0.717) is 13.0 Å². The van der Waals surface area contributed by atoms with Gasteiger partial charge in [-0.2, -0.15) is 5.26 Å². The smallest absolute Gasteiger partial charge is 0.251 e. The molecule has 15 heavy (non-hydrogen) atoms. The Morgan fingerprint density at radius 1 is 1.47 bits per heavy atom.